The van der Waals surface area contributed by atoms with Gasteiger partial charge in [-0.05, 0) is 203 Å². The fourth-order valence-corrected chi connectivity index (χ4v) is 14.3. The molecule has 4 aliphatic rings. The van der Waals surface area contributed by atoms with E-state index in [9.17, 15) is 0 Å². The maximum atomic E-state index is 2.55. The topological polar surface area (TPSA) is 6.48 Å². The van der Waals surface area contributed by atoms with Crippen LogP contribution >= 0.6 is 0 Å². The molecule has 11 aromatic carbocycles. The van der Waals surface area contributed by atoms with Crippen LogP contribution in [0.4, 0.5) is 28.4 Å². The number of nitrogens with zero attached hydrogens (tertiary/aromatic N) is 2. The van der Waals surface area contributed by atoms with Crippen LogP contribution in [0.5, 0.6) is 0 Å². The molecule has 2 nitrogen and oxygen atoms in total. The average molecular weight is 1050 g/mol. The molecule has 394 valence electrons. The van der Waals surface area contributed by atoms with Crippen molar-refractivity contribution in [1.82, 2.24) is 0 Å². The van der Waals surface area contributed by atoms with Crippen molar-refractivity contribution in [3.05, 3.63) is 312 Å². The van der Waals surface area contributed by atoms with Crippen molar-refractivity contribution in [3.63, 3.8) is 0 Å². The third kappa shape index (κ3) is 8.14. The van der Waals surface area contributed by atoms with Gasteiger partial charge in [-0.3, -0.25) is 0 Å². The number of allylic oxidation sites excluding steroid dienone is 7. The number of benzene rings is 11. The molecule has 1 unspecified atom stereocenters. The van der Waals surface area contributed by atoms with E-state index in [0.29, 0.717) is 5.92 Å². The summed E-state index contributed by atoms with van der Waals surface area (Å²) in [6.07, 6.45) is 15.0. The van der Waals surface area contributed by atoms with Gasteiger partial charge in [0.2, 0.25) is 0 Å². The minimum absolute atomic E-state index is 0.136. The maximum Gasteiger partial charge on any atom is 0.0468 e. The van der Waals surface area contributed by atoms with E-state index in [1.54, 1.807) is 0 Å². The molecule has 4 aliphatic carbocycles. The van der Waals surface area contributed by atoms with E-state index in [0.717, 1.165) is 47.7 Å². The zero-order chi connectivity index (χ0) is 55.1. The average Bonchev–Trinajstić information content (AvgIpc) is 4.00. The molecule has 0 bridgehead atoms. The molecule has 0 fully saturated rings. The third-order valence-electron chi connectivity index (χ3n) is 18.5. The number of hydrogen-bond donors (Lipinski definition) is 0. The van der Waals surface area contributed by atoms with Crippen molar-refractivity contribution in [2.45, 2.75) is 63.7 Å². The first-order valence-electron chi connectivity index (χ1n) is 29.3. The summed E-state index contributed by atoms with van der Waals surface area (Å²) in [6, 6.07) is 90.9. The fraction of sp³-hybridized carbons (Fsp3) is 0.125. The molecule has 0 radical (unpaired) electrons. The quantitative estimate of drug-likeness (QED) is 0.126. The van der Waals surface area contributed by atoms with Gasteiger partial charge in [0.1, 0.15) is 0 Å². The first-order valence-corrected chi connectivity index (χ1v) is 29.3. The van der Waals surface area contributed by atoms with E-state index in [-0.39, 0.29) is 10.8 Å². The van der Waals surface area contributed by atoms with Gasteiger partial charge < -0.3 is 9.80 Å². The van der Waals surface area contributed by atoms with Crippen LogP contribution < -0.4 is 9.80 Å². The Bertz CT molecular complexity index is 4440. The maximum absolute atomic E-state index is 2.55. The molecule has 0 saturated heterocycles. The molecule has 0 N–H and O–H groups in total. The number of rotatable bonds is 10. The standard InChI is InChI=1S/C80H64N2/c1-79(2)73-31-19-17-29-65(73)67-45-37-57(49-75(67)79)77-69-47-43-64(82(60-27-15-8-16-28-60)62-41-35-56(36-42-62)54-23-11-6-12-24-54)52-72(69)78(58-38-46-68-66-30-18-20-32-74(66)80(3,4)76(68)50-58)70-48-44-63(51-71(70)77)81(59-25-13-7-14-26-59)61-39-33-55(34-40-61)53-21-9-5-10-22-53/h5-17,19-29,31-33,35-52,55H,18,30,34H2,1-4H3. The van der Waals surface area contributed by atoms with Crippen molar-refractivity contribution in [3.8, 4) is 44.5 Å². The van der Waals surface area contributed by atoms with Crippen molar-refractivity contribution in [2.24, 2.45) is 0 Å². The molecule has 0 spiro atoms. The van der Waals surface area contributed by atoms with Gasteiger partial charge in [-0.1, -0.05) is 222 Å². The lowest BCUT2D eigenvalue weighted by Crippen LogP contribution is -2.17. The lowest BCUT2D eigenvalue weighted by molar-refractivity contribution is 0.651. The molecule has 0 aromatic heterocycles. The Morgan fingerprint density at radius 3 is 1.51 bits per heavy atom. The van der Waals surface area contributed by atoms with E-state index in [4.69, 9.17) is 0 Å². The van der Waals surface area contributed by atoms with Gasteiger partial charge in [0.25, 0.3) is 0 Å². The van der Waals surface area contributed by atoms with Crippen LogP contribution in [0.3, 0.4) is 0 Å². The highest BCUT2D eigenvalue weighted by Gasteiger charge is 2.38. The Morgan fingerprint density at radius 2 is 0.878 bits per heavy atom. The molecule has 0 amide bonds. The molecular formula is C80H64N2. The highest BCUT2D eigenvalue weighted by atomic mass is 15.1. The predicted octanol–water partition coefficient (Wildman–Crippen LogP) is 21.9. The van der Waals surface area contributed by atoms with E-state index < -0.39 is 0 Å². The number of hydrogen-bond acceptors (Lipinski definition) is 2. The van der Waals surface area contributed by atoms with E-state index in [1.165, 1.54) is 111 Å². The third-order valence-corrected chi connectivity index (χ3v) is 18.5. The Hall–Kier alpha value is -9.50. The summed E-state index contributed by atoms with van der Waals surface area (Å²) in [5.74, 6) is 0.320. The molecule has 0 saturated carbocycles. The van der Waals surface area contributed by atoms with Gasteiger partial charge >= 0.3 is 0 Å². The number of para-hydroxylation sites is 2. The first kappa shape index (κ1) is 49.5. The summed E-state index contributed by atoms with van der Waals surface area (Å²) in [5, 5.41) is 4.89. The van der Waals surface area contributed by atoms with Crippen LogP contribution in [0.15, 0.2) is 284 Å². The van der Waals surface area contributed by atoms with Crippen LogP contribution in [-0.4, -0.2) is 0 Å². The monoisotopic (exact) mass is 1050 g/mol. The Labute approximate surface area is 483 Å². The molecule has 82 heavy (non-hydrogen) atoms. The van der Waals surface area contributed by atoms with Crippen molar-refractivity contribution in [1.29, 1.82) is 0 Å². The zero-order valence-electron chi connectivity index (χ0n) is 47.1. The summed E-state index contributed by atoms with van der Waals surface area (Å²) in [5.41, 5.74) is 26.3. The summed E-state index contributed by atoms with van der Waals surface area (Å²) < 4.78 is 0. The predicted molar refractivity (Wildman–Crippen MR) is 348 cm³/mol. The van der Waals surface area contributed by atoms with Gasteiger partial charge in [0.15, 0.2) is 0 Å². The zero-order valence-corrected chi connectivity index (χ0v) is 47.1. The lowest BCUT2D eigenvalue weighted by Gasteiger charge is -2.30. The smallest absolute Gasteiger partial charge is 0.0468 e. The van der Waals surface area contributed by atoms with Gasteiger partial charge in [0, 0.05) is 50.9 Å². The van der Waals surface area contributed by atoms with E-state index >= 15 is 0 Å². The van der Waals surface area contributed by atoms with Crippen molar-refractivity contribution < 1.29 is 0 Å². The highest BCUT2D eigenvalue weighted by molar-refractivity contribution is 6.23. The van der Waals surface area contributed by atoms with Crippen molar-refractivity contribution >= 4 is 55.6 Å². The Kier molecular flexibility index (Phi) is 11.9. The lowest BCUT2D eigenvalue weighted by atomic mass is 9.78. The molecule has 0 heterocycles. The summed E-state index contributed by atoms with van der Waals surface area (Å²) >= 11 is 0. The molecule has 0 aliphatic heterocycles. The minimum Gasteiger partial charge on any atom is -0.311 e. The van der Waals surface area contributed by atoms with E-state index in [2.05, 4.69) is 311 Å². The molecule has 2 heteroatoms. The van der Waals surface area contributed by atoms with Crippen molar-refractivity contribution in [2.75, 3.05) is 9.80 Å². The summed E-state index contributed by atoms with van der Waals surface area (Å²) in [7, 11) is 0. The Balaban J connectivity index is 1.00. The molecule has 1 atom stereocenters. The van der Waals surface area contributed by atoms with Crippen LogP contribution in [0, 0.1) is 0 Å². The second-order valence-corrected chi connectivity index (χ2v) is 23.9. The second kappa shape index (κ2) is 19.6. The van der Waals surface area contributed by atoms with Gasteiger partial charge in [-0.2, -0.15) is 0 Å². The van der Waals surface area contributed by atoms with Crippen LogP contribution in [0.1, 0.15) is 80.7 Å². The summed E-state index contributed by atoms with van der Waals surface area (Å²) in [4.78, 5) is 4.90. The highest BCUT2D eigenvalue weighted by Crippen LogP contribution is 2.55. The molecule has 11 aromatic rings. The van der Waals surface area contributed by atoms with Crippen LogP contribution in [-0.2, 0) is 10.8 Å². The van der Waals surface area contributed by atoms with E-state index in [1.807, 2.05) is 0 Å². The number of anilines is 5. The fourth-order valence-electron chi connectivity index (χ4n) is 14.3. The minimum atomic E-state index is -0.181. The second-order valence-electron chi connectivity index (χ2n) is 23.9. The van der Waals surface area contributed by atoms with Crippen LogP contribution in [0.2, 0.25) is 0 Å². The number of fused-ring (bicyclic) bond motifs is 7. The first-order chi connectivity index (χ1) is 40.2. The van der Waals surface area contributed by atoms with Gasteiger partial charge in [-0.15, -0.1) is 0 Å². The van der Waals surface area contributed by atoms with Gasteiger partial charge in [-0.25, -0.2) is 0 Å². The van der Waals surface area contributed by atoms with Crippen LogP contribution in [0.25, 0.3) is 71.6 Å². The van der Waals surface area contributed by atoms with Gasteiger partial charge in [0.05, 0.1) is 0 Å². The normalized spacial score (nSPS) is 16.1. The molecular weight excluding hydrogens is 989 g/mol. The SMILES string of the molecule is CC1(C)C2=C(CCC=C2)c2ccc(-c3c4ccc(N(C5=CCC(c6ccccc6)C=C5)c5ccccc5)cc4c(-c4ccc5c(c4)C(C)(C)c4ccccc4-5)c4ccc(N(c5ccccc5)c5ccc(-c6ccccc6)cc5)cc34)cc21. The largest absolute Gasteiger partial charge is 0.311 e. The molecule has 15 rings (SSSR count). The Morgan fingerprint density at radius 1 is 0.378 bits per heavy atom. The summed E-state index contributed by atoms with van der Waals surface area (Å²) in [6.45, 7) is 9.67.